The maximum atomic E-state index is 12.5. The number of amides is 1. The summed E-state index contributed by atoms with van der Waals surface area (Å²) in [6.07, 6.45) is 0.355. The molecule has 0 radical (unpaired) electrons. The Labute approximate surface area is 173 Å². The second-order valence-electron chi connectivity index (χ2n) is 6.83. The van der Waals surface area contributed by atoms with Crippen molar-refractivity contribution in [1.82, 2.24) is 25.3 Å². The SMILES string of the molecule is O=C(NCC(F)(F)F)C1(Nc2ccnc(-c3c[nH]c4ncc(Cl)cc34)n2)CCOC1. The monoisotopic (exact) mass is 440 g/mol. The molecule has 1 unspecified atom stereocenters. The zero-order valence-corrected chi connectivity index (χ0v) is 16.1. The zero-order chi connectivity index (χ0) is 21.4. The third-order valence-corrected chi connectivity index (χ3v) is 4.87. The van der Waals surface area contributed by atoms with Gasteiger partial charge in [-0.15, -0.1) is 0 Å². The number of nitrogens with zero attached hydrogens (tertiary/aromatic N) is 3. The molecule has 0 spiro atoms. The number of aromatic nitrogens is 4. The predicted octanol–water partition coefficient (Wildman–Crippen LogP) is 2.92. The zero-order valence-electron chi connectivity index (χ0n) is 15.4. The van der Waals surface area contributed by atoms with Crippen molar-refractivity contribution in [2.75, 3.05) is 25.1 Å². The van der Waals surface area contributed by atoms with Crippen molar-refractivity contribution in [1.29, 1.82) is 0 Å². The second kappa shape index (κ2) is 7.73. The van der Waals surface area contributed by atoms with E-state index < -0.39 is 24.2 Å². The number of hydrogen-bond donors (Lipinski definition) is 3. The van der Waals surface area contributed by atoms with E-state index in [0.29, 0.717) is 27.4 Å². The number of H-pyrrole nitrogens is 1. The van der Waals surface area contributed by atoms with E-state index >= 15 is 0 Å². The Balaban J connectivity index is 1.61. The molecule has 0 bridgehead atoms. The van der Waals surface area contributed by atoms with E-state index in [4.69, 9.17) is 16.3 Å². The lowest BCUT2D eigenvalue weighted by Crippen LogP contribution is -2.54. The van der Waals surface area contributed by atoms with Crippen LogP contribution in [0.4, 0.5) is 19.0 Å². The summed E-state index contributed by atoms with van der Waals surface area (Å²) in [6.45, 7) is -1.27. The van der Waals surface area contributed by atoms with Gasteiger partial charge in [0.25, 0.3) is 0 Å². The Morgan fingerprint density at radius 2 is 2.20 bits per heavy atom. The van der Waals surface area contributed by atoms with Crippen LogP contribution in [0.5, 0.6) is 0 Å². The minimum absolute atomic E-state index is 0.0807. The Morgan fingerprint density at radius 1 is 1.37 bits per heavy atom. The molecular weight excluding hydrogens is 425 g/mol. The number of halogens is 4. The third kappa shape index (κ3) is 4.17. The van der Waals surface area contributed by atoms with Crippen LogP contribution in [-0.4, -0.2) is 57.3 Å². The van der Waals surface area contributed by atoms with Crippen LogP contribution in [0.1, 0.15) is 6.42 Å². The molecule has 1 saturated heterocycles. The summed E-state index contributed by atoms with van der Waals surface area (Å²) in [7, 11) is 0. The topological polar surface area (TPSA) is 105 Å². The Morgan fingerprint density at radius 3 is 2.93 bits per heavy atom. The average molecular weight is 441 g/mol. The molecule has 4 rings (SSSR count). The van der Waals surface area contributed by atoms with E-state index in [1.54, 1.807) is 12.3 Å². The summed E-state index contributed by atoms with van der Waals surface area (Å²) >= 11 is 6.03. The molecule has 0 aliphatic carbocycles. The number of rotatable bonds is 5. The number of anilines is 1. The lowest BCUT2D eigenvalue weighted by Gasteiger charge is -2.28. The van der Waals surface area contributed by atoms with E-state index in [1.165, 1.54) is 18.5 Å². The molecule has 1 aliphatic rings. The summed E-state index contributed by atoms with van der Waals surface area (Å²) in [6, 6.07) is 3.25. The summed E-state index contributed by atoms with van der Waals surface area (Å²) in [4.78, 5) is 28.4. The van der Waals surface area contributed by atoms with Gasteiger partial charge in [-0.1, -0.05) is 11.6 Å². The molecule has 12 heteroatoms. The molecule has 158 valence electrons. The largest absolute Gasteiger partial charge is 0.405 e. The van der Waals surface area contributed by atoms with Crippen molar-refractivity contribution >= 4 is 34.4 Å². The van der Waals surface area contributed by atoms with Crippen molar-refractivity contribution in [2.24, 2.45) is 0 Å². The van der Waals surface area contributed by atoms with E-state index in [0.717, 1.165) is 0 Å². The van der Waals surface area contributed by atoms with Gasteiger partial charge in [-0.05, 0) is 12.1 Å². The molecule has 4 heterocycles. The van der Waals surface area contributed by atoms with Crippen LogP contribution in [0.3, 0.4) is 0 Å². The summed E-state index contributed by atoms with van der Waals surface area (Å²) in [5.41, 5.74) is -0.118. The second-order valence-corrected chi connectivity index (χ2v) is 7.26. The van der Waals surface area contributed by atoms with Gasteiger partial charge in [0.05, 0.1) is 11.6 Å². The summed E-state index contributed by atoms with van der Waals surface area (Å²) < 4.78 is 42.8. The quantitative estimate of drug-likeness (QED) is 0.563. The third-order valence-electron chi connectivity index (χ3n) is 4.67. The number of ether oxygens (including phenoxy) is 1. The van der Waals surface area contributed by atoms with Crippen LogP contribution in [0, 0.1) is 0 Å². The molecule has 30 heavy (non-hydrogen) atoms. The molecule has 1 aliphatic heterocycles. The molecule has 8 nitrogen and oxygen atoms in total. The summed E-state index contributed by atoms with van der Waals surface area (Å²) in [5, 5.41) is 6.02. The number of fused-ring (bicyclic) bond motifs is 1. The molecular formula is C18H16ClF3N6O2. The number of aromatic amines is 1. The summed E-state index contributed by atoms with van der Waals surface area (Å²) in [5.74, 6) is -0.197. The van der Waals surface area contributed by atoms with E-state index in [-0.39, 0.29) is 25.5 Å². The molecule has 3 aromatic rings. The number of pyridine rings is 1. The van der Waals surface area contributed by atoms with Crippen LogP contribution in [-0.2, 0) is 9.53 Å². The number of hydrogen-bond acceptors (Lipinski definition) is 6. The Hall–Kier alpha value is -2.92. The van der Waals surface area contributed by atoms with Crippen LogP contribution in [0.25, 0.3) is 22.4 Å². The van der Waals surface area contributed by atoms with Crippen molar-refractivity contribution in [3.63, 3.8) is 0 Å². The van der Waals surface area contributed by atoms with Gasteiger partial charge in [-0.25, -0.2) is 15.0 Å². The molecule has 0 saturated carbocycles. The number of alkyl halides is 3. The van der Waals surface area contributed by atoms with Crippen LogP contribution in [0.15, 0.2) is 30.7 Å². The van der Waals surface area contributed by atoms with E-state index in [1.807, 2.05) is 5.32 Å². The van der Waals surface area contributed by atoms with Gasteiger partial charge in [0, 0.05) is 42.6 Å². The number of nitrogens with one attached hydrogen (secondary N) is 3. The van der Waals surface area contributed by atoms with Gasteiger partial charge < -0.3 is 20.4 Å². The molecule has 3 N–H and O–H groups in total. The lowest BCUT2D eigenvalue weighted by atomic mass is 9.97. The first-order chi connectivity index (χ1) is 14.3. The molecule has 0 aromatic carbocycles. The highest BCUT2D eigenvalue weighted by molar-refractivity contribution is 6.31. The van der Waals surface area contributed by atoms with Gasteiger partial charge in [0.2, 0.25) is 5.91 Å². The highest BCUT2D eigenvalue weighted by atomic mass is 35.5. The van der Waals surface area contributed by atoms with E-state index in [2.05, 4.69) is 25.3 Å². The van der Waals surface area contributed by atoms with Crippen molar-refractivity contribution in [2.45, 2.75) is 18.1 Å². The first kappa shape index (κ1) is 20.4. The average Bonchev–Trinajstić information content (AvgIpc) is 3.33. The first-order valence-electron chi connectivity index (χ1n) is 8.93. The van der Waals surface area contributed by atoms with E-state index in [9.17, 15) is 18.0 Å². The molecule has 1 fully saturated rings. The van der Waals surface area contributed by atoms with Gasteiger partial charge in [0.1, 0.15) is 23.5 Å². The van der Waals surface area contributed by atoms with Gasteiger partial charge >= 0.3 is 6.18 Å². The number of carbonyl (C=O) groups is 1. The fourth-order valence-electron chi connectivity index (χ4n) is 3.22. The maximum absolute atomic E-state index is 12.5. The predicted molar refractivity (Wildman–Crippen MR) is 103 cm³/mol. The Kier molecular flexibility index (Phi) is 5.24. The van der Waals surface area contributed by atoms with Crippen molar-refractivity contribution in [3.8, 4) is 11.4 Å². The standard InChI is InChI=1S/C18H16ClF3N6O2/c19-10-5-11-12(7-25-14(11)24-6-10)15-23-3-1-13(27-15)28-17(2-4-30-9-17)16(29)26-8-18(20,21)22/h1,3,5-7H,2,4,8-9H2,(H,24,25)(H,26,29)(H,23,27,28). The van der Waals surface area contributed by atoms with Crippen molar-refractivity contribution < 1.29 is 22.7 Å². The fraction of sp³-hybridized carbons (Fsp3) is 0.333. The van der Waals surface area contributed by atoms with Gasteiger partial charge in [-0.3, -0.25) is 4.79 Å². The smallest absolute Gasteiger partial charge is 0.378 e. The first-order valence-corrected chi connectivity index (χ1v) is 9.31. The highest BCUT2D eigenvalue weighted by Gasteiger charge is 2.44. The molecule has 1 amide bonds. The fourth-order valence-corrected chi connectivity index (χ4v) is 3.37. The van der Waals surface area contributed by atoms with Crippen molar-refractivity contribution in [3.05, 3.63) is 35.7 Å². The van der Waals surface area contributed by atoms with Crippen LogP contribution < -0.4 is 10.6 Å². The van der Waals surface area contributed by atoms with Gasteiger partial charge in [-0.2, -0.15) is 13.2 Å². The number of carbonyl (C=O) groups excluding carboxylic acids is 1. The lowest BCUT2D eigenvalue weighted by molar-refractivity contribution is -0.141. The van der Waals surface area contributed by atoms with Gasteiger partial charge in [0.15, 0.2) is 5.82 Å². The maximum Gasteiger partial charge on any atom is 0.405 e. The molecule has 1 atom stereocenters. The normalized spacial score (nSPS) is 19.2. The van der Waals surface area contributed by atoms with Crippen LogP contribution >= 0.6 is 11.6 Å². The Bertz CT molecular complexity index is 1080. The highest BCUT2D eigenvalue weighted by Crippen LogP contribution is 2.29. The minimum Gasteiger partial charge on any atom is -0.378 e. The van der Waals surface area contributed by atoms with Crippen LogP contribution in [0.2, 0.25) is 5.02 Å². The molecule has 3 aromatic heterocycles. The minimum atomic E-state index is -4.51.